The van der Waals surface area contributed by atoms with Crippen LogP contribution < -0.4 is 5.43 Å². The van der Waals surface area contributed by atoms with E-state index in [4.69, 9.17) is 11.6 Å². The molecule has 1 heterocycles. The van der Waals surface area contributed by atoms with E-state index in [9.17, 15) is 4.79 Å². The van der Waals surface area contributed by atoms with Crippen molar-refractivity contribution in [3.8, 4) is 5.69 Å². The third-order valence-corrected chi connectivity index (χ3v) is 4.95. The van der Waals surface area contributed by atoms with E-state index >= 15 is 0 Å². The van der Waals surface area contributed by atoms with Gasteiger partial charge in [-0.2, -0.15) is 5.10 Å². The number of rotatable bonds is 4. The molecule has 138 valence electrons. The van der Waals surface area contributed by atoms with Gasteiger partial charge in [-0.1, -0.05) is 41.9 Å². The summed E-state index contributed by atoms with van der Waals surface area (Å²) in [4.78, 5) is 12.2. The van der Waals surface area contributed by atoms with E-state index in [1.54, 1.807) is 30.5 Å². The van der Waals surface area contributed by atoms with Gasteiger partial charge in [0, 0.05) is 17.0 Å². The number of hydrogen-bond acceptors (Lipinski definition) is 2. The molecule has 0 radical (unpaired) electrons. The van der Waals surface area contributed by atoms with Crippen molar-refractivity contribution < 1.29 is 4.79 Å². The van der Waals surface area contributed by atoms with Crippen LogP contribution in [0.15, 0.2) is 53.6 Å². The number of nitrogens with zero attached hydrogens (tertiary/aromatic N) is 2. The molecule has 0 atom stereocenters. The molecular weight excluding hydrogens is 358 g/mol. The maximum absolute atomic E-state index is 12.2. The lowest BCUT2D eigenvalue weighted by Gasteiger charge is -2.15. The van der Waals surface area contributed by atoms with Gasteiger partial charge in [-0.25, -0.2) is 5.43 Å². The van der Waals surface area contributed by atoms with E-state index in [-0.39, 0.29) is 5.91 Å². The Labute approximate surface area is 164 Å². The topological polar surface area (TPSA) is 46.4 Å². The highest BCUT2D eigenvalue weighted by Crippen LogP contribution is 2.25. The monoisotopic (exact) mass is 379 g/mol. The number of amides is 1. The predicted octanol–water partition coefficient (Wildman–Crippen LogP) is 5.13. The van der Waals surface area contributed by atoms with Crippen LogP contribution in [0.1, 0.15) is 38.4 Å². The van der Waals surface area contributed by atoms with Crippen LogP contribution in [0.5, 0.6) is 0 Å². The molecule has 0 aliphatic rings. The number of para-hydroxylation sites is 1. The lowest BCUT2D eigenvalue weighted by Crippen LogP contribution is -2.18. The predicted molar refractivity (Wildman–Crippen MR) is 111 cm³/mol. The van der Waals surface area contributed by atoms with Crippen LogP contribution in [-0.4, -0.2) is 16.7 Å². The third kappa shape index (κ3) is 3.81. The van der Waals surface area contributed by atoms with Crippen molar-refractivity contribution in [2.24, 2.45) is 5.10 Å². The van der Waals surface area contributed by atoms with Crippen LogP contribution in [0.4, 0.5) is 0 Å². The Balaban J connectivity index is 1.86. The number of hydrazone groups is 1. The summed E-state index contributed by atoms with van der Waals surface area (Å²) in [6.07, 6.45) is 1.67. The Morgan fingerprint density at radius 2 is 1.70 bits per heavy atom. The summed E-state index contributed by atoms with van der Waals surface area (Å²) in [6.45, 7) is 8.34. The van der Waals surface area contributed by atoms with Gasteiger partial charge in [-0.05, 0) is 57.0 Å². The van der Waals surface area contributed by atoms with Crippen LogP contribution in [0.2, 0.25) is 5.02 Å². The van der Waals surface area contributed by atoms with Crippen molar-refractivity contribution in [3.63, 3.8) is 0 Å². The highest BCUT2D eigenvalue weighted by molar-refractivity contribution is 6.33. The first-order chi connectivity index (χ1) is 12.9. The minimum Gasteiger partial charge on any atom is -0.317 e. The highest BCUT2D eigenvalue weighted by atomic mass is 35.5. The standard InChI is InChI=1S/C22H22ClN3O/c1-14-8-7-9-15(2)21(14)26-16(3)12-18(17(26)4)13-24-25-22(27)19-10-5-6-11-20(19)23/h5-13H,1-4H3,(H,25,27)/b24-13-. The normalized spacial score (nSPS) is 11.1. The molecule has 1 amide bonds. The molecule has 0 bridgehead atoms. The number of nitrogens with one attached hydrogen (secondary N) is 1. The van der Waals surface area contributed by atoms with Crippen LogP contribution in [-0.2, 0) is 0 Å². The summed E-state index contributed by atoms with van der Waals surface area (Å²) >= 11 is 6.05. The minimum absolute atomic E-state index is 0.333. The van der Waals surface area contributed by atoms with E-state index in [1.165, 1.54) is 16.8 Å². The Morgan fingerprint density at radius 1 is 1.04 bits per heavy atom. The first-order valence-corrected chi connectivity index (χ1v) is 9.11. The minimum atomic E-state index is -0.333. The smallest absolute Gasteiger partial charge is 0.272 e. The van der Waals surface area contributed by atoms with Crippen molar-refractivity contribution in [2.75, 3.05) is 0 Å². The molecule has 3 rings (SSSR count). The van der Waals surface area contributed by atoms with Crippen LogP contribution >= 0.6 is 11.6 Å². The summed E-state index contributed by atoms with van der Waals surface area (Å²) in [5.41, 5.74) is 9.70. The summed E-state index contributed by atoms with van der Waals surface area (Å²) in [5.74, 6) is -0.333. The van der Waals surface area contributed by atoms with Gasteiger partial charge >= 0.3 is 0 Å². The van der Waals surface area contributed by atoms with Gasteiger partial charge in [0.2, 0.25) is 0 Å². The van der Waals surface area contributed by atoms with Gasteiger partial charge in [-0.3, -0.25) is 4.79 Å². The third-order valence-electron chi connectivity index (χ3n) is 4.62. The molecule has 2 aromatic carbocycles. The Kier molecular flexibility index (Phi) is 5.47. The number of carbonyl (C=O) groups is 1. The summed E-state index contributed by atoms with van der Waals surface area (Å²) in [6, 6.07) is 15.2. The Bertz CT molecular complexity index is 1010. The Morgan fingerprint density at radius 3 is 2.37 bits per heavy atom. The zero-order valence-electron chi connectivity index (χ0n) is 15.9. The largest absolute Gasteiger partial charge is 0.317 e. The number of carbonyl (C=O) groups excluding carboxylic acids is 1. The van der Waals surface area contributed by atoms with E-state index in [2.05, 4.69) is 67.1 Å². The van der Waals surface area contributed by atoms with Gasteiger partial charge in [0.15, 0.2) is 0 Å². The average Bonchev–Trinajstić information content (AvgIpc) is 2.90. The lowest BCUT2D eigenvalue weighted by molar-refractivity contribution is 0.0955. The van der Waals surface area contributed by atoms with Crippen molar-refractivity contribution in [3.05, 3.63) is 87.2 Å². The fourth-order valence-corrected chi connectivity index (χ4v) is 3.51. The quantitative estimate of drug-likeness (QED) is 0.495. The molecule has 0 fully saturated rings. The van der Waals surface area contributed by atoms with Gasteiger partial charge in [0.05, 0.1) is 22.5 Å². The van der Waals surface area contributed by atoms with Crippen LogP contribution in [0.25, 0.3) is 5.69 Å². The molecule has 4 nitrogen and oxygen atoms in total. The maximum atomic E-state index is 12.2. The van der Waals surface area contributed by atoms with Gasteiger partial charge < -0.3 is 4.57 Å². The second-order valence-electron chi connectivity index (χ2n) is 6.58. The fraction of sp³-hybridized carbons (Fsp3) is 0.182. The molecule has 0 spiro atoms. The molecule has 0 aliphatic heterocycles. The van der Waals surface area contributed by atoms with E-state index in [0.29, 0.717) is 10.6 Å². The molecule has 0 unspecified atom stereocenters. The molecule has 5 heteroatoms. The first-order valence-electron chi connectivity index (χ1n) is 8.73. The SMILES string of the molecule is Cc1cccc(C)c1-n1c(C)cc(/C=N\NC(=O)c2ccccc2Cl)c1C. The van der Waals surface area contributed by atoms with E-state index in [0.717, 1.165) is 17.0 Å². The van der Waals surface area contributed by atoms with Crippen molar-refractivity contribution in [2.45, 2.75) is 27.7 Å². The van der Waals surface area contributed by atoms with Crippen LogP contribution in [0.3, 0.4) is 0 Å². The van der Waals surface area contributed by atoms with E-state index in [1.807, 2.05) is 0 Å². The van der Waals surface area contributed by atoms with E-state index < -0.39 is 0 Å². The Hall–Kier alpha value is -2.85. The zero-order valence-corrected chi connectivity index (χ0v) is 16.6. The lowest BCUT2D eigenvalue weighted by atomic mass is 10.1. The number of benzene rings is 2. The molecule has 0 saturated heterocycles. The molecule has 0 aliphatic carbocycles. The second kappa shape index (κ2) is 7.80. The zero-order chi connectivity index (χ0) is 19.6. The maximum Gasteiger partial charge on any atom is 0.272 e. The second-order valence-corrected chi connectivity index (χ2v) is 6.99. The number of hydrogen-bond donors (Lipinski definition) is 1. The molecule has 27 heavy (non-hydrogen) atoms. The fourth-order valence-electron chi connectivity index (χ4n) is 3.29. The van der Waals surface area contributed by atoms with Gasteiger partial charge in [-0.15, -0.1) is 0 Å². The van der Waals surface area contributed by atoms with Crippen molar-refractivity contribution in [1.82, 2.24) is 9.99 Å². The molecule has 1 aromatic heterocycles. The molecule has 0 saturated carbocycles. The molecular formula is C22H22ClN3O. The van der Waals surface area contributed by atoms with Crippen molar-refractivity contribution in [1.29, 1.82) is 0 Å². The number of aromatic nitrogens is 1. The highest BCUT2D eigenvalue weighted by Gasteiger charge is 2.13. The van der Waals surface area contributed by atoms with Gasteiger partial charge in [0.25, 0.3) is 5.91 Å². The summed E-state index contributed by atoms with van der Waals surface area (Å²) in [5, 5.41) is 4.52. The number of aryl methyl sites for hydroxylation is 3. The molecule has 1 N–H and O–H groups in total. The van der Waals surface area contributed by atoms with Crippen molar-refractivity contribution >= 4 is 23.7 Å². The number of halogens is 1. The summed E-state index contributed by atoms with van der Waals surface area (Å²) < 4.78 is 2.22. The molecule has 3 aromatic rings. The summed E-state index contributed by atoms with van der Waals surface area (Å²) in [7, 11) is 0. The average molecular weight is 380 g/mol. The van der Waals surface area contributed by atoms with Crippen LogP contribution in [0, 0.1) is 27.7 Å². The van der Waals surface area contributed by atoms with Gasteiger partial charge in [0.1, 0.15) is 0 Å². The first kappa shape index (κ1) is 18.9.